The molecule has 0 atom stereocenters. The Morgan fingerprint density at radius 2 is 2.18 bits per heavy atom. The number of hydrogen-bond donors (Lipinski definition) is 0. The number of ketones is 1. The third kappa shape index (κ3) is 2.45. The van der Waals surface area contributed by atoms with Crippen LogP contribution in [0.1, 0.15) is 22.8 Å². The first-order chi connectivity index (χ1) is 8.08. The van der Waals surface area contributed by atoms with Crippen LogP contribution in [0.5, 0.6) is 5.75 Å². The minimum Gasteiger partial charge on any atom is -0.338 e. The SMILES string of the molecule is CC(=O)N(C)CC(=O)c1ccc2c(c1)OOC2. The quantitative estimate of drug-likeness (QED) is 0.583. The van der Waals surface area contributed by atoms with E-state index in [-0.39, 0.29) is 18.2 Å². The Bertz CT molecular complexity index is 470. The zero-order valence-electron chi connectivity index (χ0n) is 9.73. The summed E-state index contributed by atoms with van der Waals surface area (Å²) in [6, 6.07) is 5.15. The first-order valence-corrected chi connectivity index (χ1v) is 5.25. The fraction of sp³-hybridized carbons (Fsp3) is 0.333. The summed E-state index contributed by atoms with van der Waals surface area (Å²) in [6.07, 6.45) is 0. The number of hydrogen-bond acceptors (Lipinski definition) is 4. The molecule has 1 amide bonds. The van der Waals surface area contributed by atoms with Gasteiger partial charge in [-0.15, -0.1) is 0 Å². The van der Waals surface area contributed by atoms with E-state index >= 15 is 0 Å². The Hall–Kier alpha value is -1.88. The van der Waals surface area contributed by atoms with E-state index in [2.05, 4.69) is 0 Å². The molecule has 0 radical (unpaired) electrons. The van der Waals surface area contributed by atoms with Crippen LogP contribution in [0.2, 0.25) is 0 Å². The number of rotatable bonds is 3. The molecule has 5 nitrogen and oxygen atoms in total. The van der Waals surface area contributed by atoms with E-state index in [0.717, 1.165) is 5.56 Å². The average Bonchev–Trinajstić information content (AvgIpc) is 2.75. The number of fused-ring (bicyclic) bond motifs is 1. The molecule has 0 N–H and O–H groups in total. The van der Waals surface area contributed by atoms with Gasteiger partial charge in [-0.25, -0.2) is 0 Å². The molecule has 17 heavy (non-hydrogen) atoms. The van der Waals surface area contributed by atoms with Crippen LogP contribution in [0, 0.1) is 0 Å². The maximum atomic E-state index is 11.9. The number of carbonyl (C=O) groups is 2. The highest BCUT2D eigenvalue weighted by Gasteiger charge is 2.17. The van der Waals surface area contributed by atoms with Crippen molar-refractivity contribution >= 4 is 11.7 Å². The molecule has 0 fully saturated rings. The lowest BCUT2D eigenvalue weighted by atomic mass is 10.1. The van der Waals surface area contributed by atoms with E-state index in [9.17, 15) is 9.59 Å². The fourth-order valence-electron chi connectivity index (χ4n) is 1.50. The number of carbonyl (C=O) groups excluding carboxylic acids is 2. The van der Waals surface area contributed by atoms with E-state index in [1.807, 2.05) is 0 Å². The summed E-state index contributed by atoms with van der Waals surface area (Å²) in [5.41, 5.74) is 1.43. The number of Topliss-reactive ketones (excluding diaryl/α,β-unsaturated/α-hetero) is 1. The highest BCUT2D eigenvalue weighted by molar-refractivity contribution is 5.99. The molecule has 1 aliphatic rings. The molecule has 2 rings (SSSR count). The maximum Gasteiger partial charge on any atom is 0.219 e. The van der Waals surface area contributed by atoms with Crippen LogP contribution in [0.3, 0.4) is 0 Å². The van der Waals surface area contributed by atoms with Gasteiger partial charge in [-0.3, -0.25) is 9.59 Å². The summed E-state index contributed by atoms with van der Waals surface area (Å²) < 4.78 is 0. The second kappa shape index (κ2) is 4.55. The lowest BCUT2D eigenvalue weighted by Gasteiger charge is -2.13. The van der Waals surface area contributed by atoms with Gasteiger partial charge in [0.1, 0.15) is 6.61 Å². The fourth-order valence-corrected chi connectivity index (χ4v) is 1.50. The van der Waals surface area contributed by atoms with Gasteiger partial charge in [-0.1, -0.05) is 12.1 Å². The van der Waals surface area contributed by atoms with Crippen molar-refractivity contribution in [2.24, 2.45) is 0 Å². The third-order valence-electron chi connectivity index (χ3n) is 2.67. The molecular weight excluding hydrogens is 222 g/mol. The van der Waals surface area contributed by atoms with E-state index in [1.165, 1.54) is 11.8 Å². The second-order valence-electron chi connectivity index (χ2n) is 3.97. The Balaban J connectivity index is 2.12. The molecule has 0 spiro atoms. The van der Waals surface area contributed by atoms with Crippen LogP contribution in [-0.4, -0.2) is 30.2 Å². The van der Waals surface area contributed by atoms with Crippen LogP contribution in [0.15, 0.2) is 18.2 Å². The predicted octanol–water partition coefficient (Wildman–Crippen LogP) is 1.17. The van der Waals surface area contributed by atoms with Crippen molar-refractivity contribution in [1.82, 2.24) is 4.90 Å². The normalized spacial score (nSPS) is 12.8. The van der Waals surface area contributed by atoms with E-state index in [4.69, 9.17) is 9.78 Å². The van der Waals surface area contributed by atoms with Gasteiger partial charge in [-0.05, 0) is 6.07 Å². The summed E-state index contributed by atoms with van der Waals surface area (Å²) in [4.78, 5) is 34.0. The van der Waals surface area contributed by atoms with Gasteiger partial charge in [-0.2, -0.15) is 4.89 Å². The molecule has 90 valence electrons. The summed E-state index contributed by atoms with van der Waals surface area (Å²) >= 11 is 0. The highest BCUT2D eigenvalue weighted by Crippen LogP contribution is 2.27. The van der Waals surface area contributed by atoms with Crippen molar-refractivity contribution in [1.29, 1.82) is 0 Å². The summed E-state index contributed by atoms with van der Waals surface area (Å²) in [6.45, 7) is 1.89. The minimum atomic E-state index is -0.140. The molecular formula is C12H13NO4. The van der Waals surface area contributed by atoms with Crippen molar-refractivity contribution in [3.8, 4) is 5.75 Å². The number of benzene rings is 1. The lowest BCUT2D eigenvalue weighted by Crippen LogP contribution is -2.30. The Labute approximate surface area is 98.9 Å². The standard InChI is InChI=1S/C12H13NO4/c1-8(14)13(2)6-11(15)9-3-4-10-7-16-17-12(10)5-9/h3-5H,6-7H2,1-2H3. The van der Waals surface area contributed by atoms with E-state index in [0.29, 0.717) is 17.9 Å². The third-order valence-corrected chi connectivity index (χ3v) is 2.67. The van der Waals surface area contributed by atoms with Gasteiger partial charge in [0.05, 0.1) is 6.54 Å². The highest BCUT2D eigenvalue weighted by atomic mass is 17.2. The molecule has 1 heterocycles. The predicted molar refractivity (Wildman–Crippen MR) is 59.5 cm³/mol. The molecule has 1 aromatic carbocycles. The van der Waals surface area contributed by atoms with Gasteiger partial charge in [0, 0.05) is 25.1 Å². The number of amides is 1. The zero-order valence-corrected chi connectivity index (χ0v) is 9.73. The molecule has 0 aliphatic carbocycles. The van der Waals surface area contributed by atoms with Crippen molar-refractivity contribution in [2.45, 2.75) is 13.5 Å². The van der Waals surface area contributed by atoms with Gasteiger partial charge < -0.3 is 9.79 Å². The van der Waals surface area contributed by atoms with E-state index < -0.39 is 0 Å². The summed E-state index contributed by atoms with van der Waals surface area (Å²) in [5, 5.41) is 0. The largest absolute Gasteiger partial charge is 0.338 e. The van der Waals surface area contributed by atoms with Crippen molar-refractivity contribution in [2.75, 3.05) is 13.6 Å². The van der Waals surface area contributed by atoms with Crippen molar-refractivity contribution in [3.63, 3.8) is 0 Å². The molecule has 0 aromatic heterocycles. The molecule has 0 saturated carbocycles. The Kier molecular flexibility index (Phi) is 3.10. The van der Waals surface area contributed by atoms with E-state index in [1.54, 1.807) is 25.2 Å². The average molecular weight is 235 g/mol. The second-order valence-corrected chi connectivity index (χ2v) is 3.97. The molecule has 0 unspecified atom stereocenters. The maximum absolute atomic E-state index is 11.9. The number of likely N-dealkylation sites (N-methyl/N-ethyl adjacent to an activating group) is 1. The molecule has 0 bridgehead atoms. The van der Waals surface area contributed by atoms with Gasteiger partial charge in [0.15, 0.2) is 11.5 Å². The molecule has 1 aromatic rings. The van der Waals surface area contributed by atoms with Crippen LogP contribution < -0.4 is 4.89 Å². The minimum absolute atomic E-state index is 0.0645. The first kappa shape index (κ1) is 11.6. The monoisotopic (exact) mass is 235 g/mol. The van der Waals surface area contributed by atoms with Crippen LogP contribution in [0.25, 0.3) is 0 Å². The van der Waals surface area contributed by atoms with Crippen LogP contribution in [-0.2, 0) is 16.3 Å². The molecule has 1 aliphatic heterocycles. The lowest BCUT2D eigenvalue weighted by molar-refractivity contribution is -0.194. The zero-order chi connectivity index (χ0) is 12.4. The van der Waals surface area contributed by atoms with Crippen molar-refractivity contribution < 1.29 is 19.4 Å². The summed E-state index contributed by atoms with van der Waals surface area (Å²) in [5.74, 6) is 0.307. The van der Waals surface area contributed by atoms with Gasteiger partial charge in [0.2, 0.25) is 5.91 Å². The number of nitrogens with zero attached hydrogens (tertiary/aromatic N) is 1. The Morgan fingerprint density at radius 1 is 1.41 bits per heavy atom. The Morgan fingerprint density at radius 3 is 2.88 bits per heavy atom. The van der Waals surface area contributed by atoms with Crippen molar-refractivity contribution in [3.05, 3.63) is 29.3 Å². The van der Waals surface area contributed by atoms with Gasteiger partial charge in [0.25, 0.3) is 0 Å². The topological polar surface area (TPSA) is 55.8 Å². The molecule has 5 heteroatoms. The van der Waals surface area contributed by atoms with Gasteiger partial charge >= 0.3 is 0 Å². The van der Waals surface area contributed by atoms with Crippen LogP contribution in [0.4, 0.5) is 0 Å². The molecule has 0 saturated heterocycles. The summed E-state index contributed by atoms with van der Waals surface area (Å²) in [7, 11) is 1.59. The smallest absolute Gasteiger partial charge is 0.219 e. The van der Waals surface area contributed by atoms with Crippen LogP contribution >= 0.6 is 0 Å². The first-order valence-electron chi connectivity index (χ1n) is 5.25.